The summed E-state index contributed by atoms with van der Waals surface area (Å²) in [5.74, 6) is 2.08. The second-order valence-electron chi connectivity index (χ2n) is 5.86. The number of aldehydes is 1. The van der Waals surface area contributed by atoms with Gasteiger partial charge < -0.3 is 4.74 Å². The Labute approximate surface area is 149 Å². The molecule has 0 saturated carbocycles. The molecule has 0 heterocycles. The lowest BCUT2D eigenvalue weighted by atomic mass is 10.0. The van der Waals surface area contributed by atoms with E-state index in [2.05, 4.69) is 18.2 Å². The number of hydrogen-bond acceptors (Lipinski definition) is 3. The third-order valence-electron chi connectivity index (χ3n) is 4.10. The van der Waals surface area contributed by atoms with Crippen LogP contribution in [0, 0.1) is 0 Å². The van der Waals surface area contributed by atoms with Gasteiger partial charge in [0.2, 0.25) is 0 Å². The summed E-state index contributed by atoms with van der Waals surface area (Å²) in [6.45, 7) is 0. The lowest BCUT2D eigenvalue weighted by Gasteiger charge is -2.05. The Morgan fingerprint density at radius 2 is 1.62 bits per heavy atom. The molecule has 0 atom stereocenters. The van der Waals surface area contributed by atoms with Gasteiger partial charge in [0.15, 0.2) is 0 Å². The predicted molar refractivity (Wildman–Crippen MR) is 102 cm³/mol. The Hall–Kier alpha value is -1.74. The number of ether oxygens (including phenoxy) is 1. The van der Waals surface area contributed by atoms with E-state index in [0.29, 0.717) is 0 Å². The van der Waals surface area contributed by atoms with Crippen molar-refractivity contribution in [3.63, 3.8) is 0 Å². The van der Waals surface area contributed by atoms with Gasteiger partial charge in [-0.25, -0.2) is 0 Å². The van der Waals surface area contributed by atoms with Crippen LogP contribution in [0.2, 0.25) is 0 Å². The van der Waals surface area contributed by atoms with Crippen molar-refractivity contribution in [1.82, 2.24) is 0 Å². The van der Waals surface area contributed by atoms with E-state index in [1.165, 1.54) is 41.9 Å². The largest absolute Gasteiger partial charge is 0.497 e. The molecule has 0 bridgehead atoms. The minimum absolute atomic E-state index is 0.841. The van der Waals surface area contributed by atoms with Crippen LogP contribution in [0.1, 0.15) is 48.0 Å². The average Bonchev–Trinajstić information content (AvgIpc) is 2.64. The van der Waals surface area contributed by atoms with Gasteiger partial charge in [-0.3, -0.25) is 4.79 Å². The highest BCUT2D eigenvalue weighted by molar-refractivity contribution is 7.99. The quantitative estimate of drug-likeness (QED) is 0.293. The monoisotopic (exact) mass is 342 g/mol. The fourth-order valence-corrected chi connectivity index (χ4v) is 3.60. The van der Waals surface area contributed by atoms with E-state index in [1.54, 1.807) is 7.11 Å². The highest BCUT2D eigenvalue weighted by atomic mass is 32.2. The van der Waals surface area contributed by atoms with Crippen LogP contribution in [0.25, 0.3) is 0 Å². The Morgan fingerprint density at radius 3 is 2.38 bits per heavy atom. The zero-order chi connectivity index (χ0) is 17.0. The molecule has 24 heavy (non-hydrogen) atoms. The minimum atomic E-state index is 0.841. The number of hydrogen-bond donors (Lipinski definition) is 0. The van der Waals surface area contributed by atoms with Gasteiger partial charge in [0.25, 0.3) is 0 Å². The van der Waals surface area contributed by atoms with Crippen LogP contribution < -0.4 is 4.74 Å². The number of aryl methyl sites for hydroxylation is 1. The number of thioether (sulfide) groups is 1. The molecule has 0 aliphatic heterocycles. The predicted octanol–water partition coefficient (Wildman–Crippen LogP) is 5.79. The second kappa shape index (κ2) is 10.9. The SMILES string of the molecule is COc1ccc(SCCCCCCCc2ccccc2C=O)cc1. The summed E-state index contributed by atoms with van der Waals surface area (Å²) in [5, 5.41) is 0. The second-order valence-corrected chi connectivity index (χ2v) is 7.03. The minimum Gasteiger partial charge on any atom is -0.497 e. The van der Waals surface area contributed by atoms with Crippen LogP contribution in [-0.2, 0) is 6.42 Å². The number of unbranched alkanes of at least 4 members (excludes halogenated alkanes) is 4. The van der Waals surface area contributed by atoms with E-state index in [0.717, 1.165) is 30.4 Å². The Bertz CT molecular complexity index is 607. The van der Waals surface area contributed by atoms with Gasteiger partial charge in [-0.2, -0.15) is 0 Å². The number of methoxy groups -OCH3 is 1. The summed E-state index contributed by atoms with van der Waals surface area (Å²) in [6, 6.07) is 16.2. The van der Waals surface area contributed by atoms with E-state index in [1.807, 2.05) is 42.1 Å². The highest BCUT2D eigenvalue weighted by Crippen LogP contribution is 2.22. The van der Waals surface area contributed by atoms with Crippen molar-refractivity contribution in [2.24, 2.45) is 0 Å². The van der Waals surface area contributed by atoms with Crippen molar-refractivity contribution >= 4 is 18.0 Å². The molecular formula is C21H26O2S. The summed E-state index contributed by atoms with van der Waals surface area (Å²) in [5.41, 5.74) is 2.02. The maximum Gasteiger partial charge on any atom is 0.150 e. The summed E-state index contributed by atoms with van der Waals surface area (Å²) in [7, 11) is 1.69. The summed E-state index contributed by atoms with van der Waals surface area (Å²) in [4.78, 5) is 12.3. The molecule has 128 valence electrons. The van der Waals surface area contributed by atoms with Crippen molar-refractivity contribution in [3.05, 3.63) is 59.7 Å². The molecular weight excluding hydrogens is 316 g/mol. The van der Waals surface area contributed by atoms with Crippen LogP contribution >= 0.6 is 11.8 Å². The van der Waals surface area contributed by atoms with Gasteiger partial charge in [-0.15, -0.1) is 11.8 Å². The average molecular weight is 343 g/mol. The van der Waals surface area contributed by atoms with Crippen LogP contribution in [-0.4, -0.2) is 19.1 Å². The van der Waals surface area contributed by atoms with Crippen molar-refractivity contribution < 1.29 is 9.53 Å². The molecule has 2 rings (SSSR count). The zero-order valence-electron chi connectivity index (χ0n) is 14.4. The molecule has 0 amide bonds. The Kier molecular flexibility index (Phi) is 8.47. The van der Waals surface area contributed by atoms with Crippen LogP contribution in [0.5, 0.6) is 5.75 Å². The van der Waals surface area contributed by atoms with Crippen molar-refractivity contribution in [2.45, 2.75) is 43.4 Å². The molecule has 0 N–H and O–H groups in total. The molecule has 0 saturated heterocycles. The fourth-order valence-electron chi connectivity index (χ4n) is 2.69. The van der Waals surface area contributed by atoms with Gasteiger partial charge >= 0.3 is 0 Å². The van der Waals surface area contributed by atoms with Crippen LogP contribution in [0.3, 0.4) is 0 Å². The topological polar surface area (TPSA) is 26.3 Å². The van der Waals surface area contributed by atoms with Gasteiger partial charge in [-0.05, 0) is 54.8 Å². The highest BCUT2D eigenvalue weighted by Gasteiger charge is 2.00. The first-order valence-corrected chi connectivity index (χ1v) is 9.62. The zero-order valence-corrected chi connectivity index (χ0v) is 15.2. The smallest absolute Gasteiger partial charge is 0.150 e. The van der Waals surface area contributed by atoms with Crippen molar-refractivity contribution in [2.75, 3.05) is 12.9 Å². The van der Waals surface area contributed by atoms with E-state index < -0.39 is 0 Å². The molecule has 2 aromatic rings. The lowest BCUT2D eigenvalue weighted by Crippen LogP contribution is -1.92. The molecule has 0 aromatic heterocycles. The molecule has 0 aliphatic carbocycles. The molecule has 0 unspecified atom stereocenters. The maximum atomic E-state index is 11.0. The van der Waals surface area contributed by atoms with E-state index in [4.69, 9.17) is 4.74 Å². The third-order valence-corrected chi connectivity index (χ3v) is 5.20. The number of carbonyl (C=O) groups excluding carboxylic acids is 1. The number of rotatable bonds is 11. The van der Waals surface area contributed by atoms with E-state index in [9.17, 15) is 4.79 Å². The lowest BCUT2D eigenvalue weighted by molar-refractivity contribution is 0.112. The maximum absolute atomic E-state index is 11.0. The molecule has 2 aromatic carbocycles. The summed E-state index contributed by atoms with van der Waals surface area (Å²) < 4.78 is 5.17. The molecule has 0 spiro atoms. The van der Waals surface area contributed by atoms with Gasteiger partial charge in [-0.1, -0.05) is 43.5 Å². The summed E-state index contributed by atoms with van der Waals surface area (Å²) in [6.07, 6.45) is 8.17. The molecule has 0 fully saturated rings. The molecule has 2 nitrogen and oxygen atoms in total. The first-order valence-electron chi connectivity index (χ1n) is 8.63. The van der Waals surface area contributed by atoms with Gasteiger partial charge in [0, 0.05) is 10.5 Å². The summed E-state index contributed by atoms with van der Waals surface area (Å²) >= 11 is 1.91. The van der Waals surface area contributed by atoms with Crippen LogP contribution in [0.4, 0.5) is 0 Å². The van der Waals surface area contributed by atoms with Gasteiger partial charge in [0.1, 0.15) is 12.0 Å². The fraction of sp³-hybridized carbons (Fsp3) is 0.381. The van der Waals surface area contributed by atoms with Crippen molar-refractivity contribution in [1.29, 1.82) is 0 Å². The first-order chi connectivity index (χ1) is 11.8. The van der Waals surface area contributed by atoms with Crippen molar-refractivity contribution in [3.8, 4) is 5.75 Å². The van der Waals surface area contributed by atoms with E-state index >= 15 is 0 Å². The van der Waals surface area contributed by atoms with Crippen LogP contribution in [0.15, 0.2) is 53.4 Å². The first kappa shape index (κ1) is 18.6. The van der Waals surface area contributed by atoms with Gasteiger partial charge in [0.05, 0.1) is 7.11 Å². The normalized spacial score (nSPS) is 10.5. The Morgan fingerprint density at radius 1 is 0.917 bits per heavy atom. The molecule has 3 heteroatoms. The number of carbonyl (C=O) groups is 1. The third kappa shape index (κ3) is 6.40. The Balaban J connectivity index is 1.53. The standard InChI is InChI=1S/C21H26O2S/c1-23-20-12-14-21(15-13-20)24-16-8-4-2-3-5-9-18-10-6-7-11-19(18)17-22/h6-7,10-15,17H,2-5,8-9,16H2,1H3. The number of benzene rings is 2. The molecule has 0 radical (unpaired) electrons. The molecule has 0 aliphatic rings. The van der Waals surface area contributed by atoms with E-state index in [-0.39, 0.29) is 0 Å².